The highest BCUT2D eigenvalue weighted by atomic mass is 16.5. The molecule has 0 aliphatic heterocycles. The van der Waals surface area contributed by atoms with Crippen LogP contribution in [0.25, 0.3) is 0 Å². The minimum absolute atomic E-state index is 0.126. The second-order valence-corrected chi connectivity index (χ2v) is 3.82. The molecule has 1 N–H and O–H groups in total. The van der Waals surface area contributed by atoms with E-state index in [9.17, 15) is 4.79 Å². The first kappa shape index (κ1) is 11.5. The van der Waals surface area contributed by atoms with Crippen LogP contribution in [0.4, 0.5) is 0 Å². The Labute approximate surface area is 84.8 Å². The fourth-order valence-electron chi connectivity index (χ4n) is 1.83. The van der Waals surface area contributed by atoms with Gasteiger partial charge in [0.15, 0.2) is 0 Å². The molecule has 4 heteroatoms. The topological polar surface area (TPSA) is 49.8 Å². The summed E-state index contributed by atoms with van der Waals surface area (Å²) >= 11 is 0. The molecule has 0 radical (unpaired) electrons. The molecule has 4 nitrogen and oxygen atoms in total. The molecule has 1 atom stereocenters. The number of carboxylic acid groups (broad SMARTS) is 1. The number of hydrogen-bond donors (Lipinski definition) is 1. The number of likely N-dealkylation sites (N-methyl/N-ethyl adjacent to an activating group) is 1. The smallest absolute Gasteiger partial charge is 0.317 e. The molecule has 0 bridgehead atoms. The van der Waals surface area contributed by atoms with Crippen LogP contribution in [0.3, 0.4) is 0 Å². The molecular weight excluding hydrogens is 182 g/mol. The van der Waals surface area contributed by atoms with Gasteiger partial charge in [-0.2, -0.15) is 0 Å². The van der Waals surface area contributed by atoms with E-state index >= 15 is 0 Å². The third-order valence-corrected chi connectivity index (χ3v) is 2.72. The molecule has 1 saturated carbocycles. The molecule has 82 valence electrons. The number of methoxy groups -OCH3 is 1. The average Bonchev–Trinajstić information content (AvgIpc) is 2.93. The summed E-state index contributed by atoms with van der Waals surface area (Å²) in [6.45, 7) is 3.54. The molecule has 1 unspecified atom stereocenters. The van der Waals surface area contributed by atoms with Crippen molar-refractivity contribution in [1.29, 1.82) is 0 Å². The Balaban J connectivity index is 2.48. The van der Waals surface area contributed by atoms with Gasteiger partial charge in [-0.05, 0) is 25.3 Å². The van der Waals surface area contributed by atoms with Crippen molar-refractivity contribution < 1.29 is 14.6 Å². The van der Waals surface area contributed by atoms with Crippen molar-refractivity contribution in [3.8, 4) is 0 Å². The van der Waals surface area contributed by atoms with E-state index in [4.69, 9.17) is 9.84 Å². The lowest BCUT2D eigenvalue weighted by Gasteiger charge is -2.28. The fourth-order valence-corrected chi connectivity index (χ4v) is 1.83. The van der Waals surface area contributed by atoms with Crippen LogP contribution in [0, 0.1) is 5.92 Å². The summed E-state index contributed by atoms with van der Waals surface area (Å²) in [4.78, 5) is 12.6. The van der Waals surface area contributed by atoms with E-state index in [1.807, 2.05) is 11.8 Å². The van der Waals surface area contributed by atoms with Crippen LogP contribution in [0.2, 0.25) is 0 Å². The summed E-state index contributed by atoms with van der Waals surface area (Å²) in [5, 5.41) is 8.75. The van der Waals surface area contributed by atoms with Crippen LogP contribution < -0.4 is 0 Å². The molecular formula is C10H19NO3. The van der Waals surface area contributed by atoms with E-state index < -0.39 is 5.97 Å². The van der Waals surface area contributed by atoms with Crippen LogP contribution in [0.5, 0.6) is 0 Å². The minimum Gasteiger partial charge on any atom is -0.480 e. The van der Waals surface area contributed by atoms with Crippen LogP contribution in [-0.2, 0) is 9.53 Å². The molecule has 0 spiro atoms. The largest absolute Gasteiger partial charge is 0.480 e. The van der Waals surface area contributed by atoms with Crippen LogP contribution >= 0.6 is 0 Å². The number of hydrogen-bond acceptors (Lipinski definition) is 3. The summed E-state index contributed by atoms with van der Waals surface area (Å²) in [6.07, 6.45) is 2.42. The first-order valence-corrected chi connectivity index (χ1v) is 5.13. The van der Waals surface area contributed by atoms with Gasteiger partial charge in [-0.3, -0.25) is 9.69 Å². The zero-order chi connectivity index (χ0) is 10.6. The number of aliphatic carboxylic acids is 1. The highest BCUT2D eigenvalue weighted by Crippen LogP contribution is 2.35. The Morgan fingerprint density at radius 1 is 1.64 bits per heavy atom. The first-order chi connectivity index (χ1) is 6.69. The molecule has 0 aromatic heterocycles. The normalized spacial score (nSPS) is 18.5. The Hall–Kier alpha value is -0.610. The Kier molecular flexibility index (Phi) is 4.35. The van der Waals surface area contributed by atoms with E-state index in [1.165, 1.54) is 12.8 Å². The van der Waals surface area contributed by atoms with Crippen molar-refractivity contribution in [3.63, 3.8) is 0 Å². The summed E-state index contributed by atoms with van der Waals surface area (Å²) in [7, 11) is 1.67. The quantitative estimate of drug-likeness (QED) is 0.662. The standard InChI is InChI=1S/C10H19NO3/c1-3-11(6-10(12)13)9(7-14-2)8-4-5-8/h8-9H,3-7H2,1-2H3,(H,12,13). The van der Waals surface area contributed by atoms with Gasteiger partial charge in [0.2, 0.25) is 0 Å². The molecule has 0 heterocycles. The third-order valence-electron chi connectivity index (χ3n) is 2.72. The first-order valence-electron chi connectivity index (χ1n) is 5.13. The predicted octanol–water partition coefficient (Wildman–Crippen LogP) is 0.818. The summed E-state index contributed by atoms with van der Waals surface area (Å²) in [5.74, 6) is -0.108. The molecule has 0 amide bonds. The zero-order valence-corrected chi connectivity index (χ0v) is 8.90. The molecule has 14 heavy (non-hydrogen) atoms. The van der Waals surface area contributed by atoms with Crippen molar-refractivity contribution in [2.45, 2.75) is 25.8 Å². The van der Waals surface area contributed by atoms with E-state index in [0.29, 0.717) is 18.6 Å². The number of rotatable bonds is 7. The molecule has 0 aromatic carbocycles. The van der Waals surface area contributed by atoms with E-state index in [2.05, 4.69) is 0 Å². The fraction of sp³-hybridized carbons (Fsp3) is 0.900. The maximum atomic E-state index is 10.6. The lowest BCUT2D eigenvalue weighted by atomic mass is 10.1. The van der Waals surface area contributed by atoms with Gasteiger partial charge >= 0.3 is 5.97 Å². The minimum atomic E-state index is -0.756. The van der Waals surface area contributed by atoms with Gasteiger partial charge in [0.25, 0.3) is 0 Å². The summed E-state index contributed by atoms with van der Waals surface area (Å²) < 4.78 is 5.14. The molecule has 1 fully saturated rings. The van der Waals surface area contributed by atoms with Gasteiger partial charge in [-0.1, -0.05) is 6.92 Å². The van der Waals surface area contributed by atoms with Crippen LogP contribution in [-0.4, -0.2) is 48.8 Å². The third kappa shape index (κ3) is 3.27. The monoisotopic (exact) mass is 201 g/mol. The SMILES string of the molecule is CCN(CC(=O)O)C(COC)C1CC1. The maximum Gasteiger partial charge on any atom is 0.317 e. The molecule has 1 aliphatic rings. The van der Waals surface area contributed by atoms with Crippen LogP contribution in [0.15, 0.2) is 0 Å². The van der Waals surface area contributed by atoms with Gasteiger partial charge in [0.1, 0.15) is 0 Å². The number of ether oxygens (including phenoxy) is 1. The molecule has 1 rings (SSSR count). The number of carbonyl (C=O) groups is 1. The molecule has 0 saturated heterocycles. The Morgan fingerprint density at radius 3 is 2.64 bits per heavy atom. The van der Waals surface area contributed by atoms with E-state index in [1.54, 1.807) is 7.11 Å². The van der Waals surface area contributed by atoms with Gasteiger partial charge in [-0.15, -0.1) is 0 Å². The average molecular weight is 201 g/mol. The van der Waals surface area contributed by atoms with Crippen molar-refractivity contribution in [1.82, 2.24) is 4.90 Å². The second kappa shape index (κ2) is 5.32. The maximum absolute atomic E-state index is 10.6. The molecule has 0 aromatic rings. The van der Waals surface area contributed by atoms with Gasteiger partial charge < -0.3 is 9.84 Å². The number of carboxylic acids is 1. The second-order valence-electron chi connectivity index (χ2n) is 3.82. The highest BCUT2D eigenvalue weighted by molar-refractivity contribution is 5.69. The summed E-state index contributed by atoms with van der Waals surface area (Å²) in [6, 6.07) is 0.293. The summed E-state index contributed by atoms with van der Waals surface area (Å²) in [5.41, 5.74) is 0. The van der Waals surface area contributed by atoms with Crippen LogP contribution in [0.1, 0.15) is 19.8 Å². The lowest BCUT2D eigenvalue weighted by Crippen LogP contribution is -2.43. The highest BCUT2D eigenvalue weighted by Gasteiger charge is 2.35. The predicted molar refractivity (Wildman–Crippen MR) is 53.3 cm³/mol. The molecule has 1 aliphatic carbocycles. The van der Waals surface area contributed by atoms with Crippen molar-refractivity contribution >= 4 is 5.97 Å². The van der Waals surface area contributed by atoms with Crippen molar-refractivity contribution in [2.75, 3.05) is 26.8 Å². The van der Waals surface area contributed by atoms with Crippen molar-refractivity contribution in [2.24, 2.45) is 5.92 Å². The van der Waals surface area contributed by atoms with Gasteiger partial charge in [0, 0.05) is 13.2 Å². The van der Waals surface area contributed by atoms with Crippen molar-refractivity contribution in [3.05, 3.63) is 0 Å². The lowest BCUT2D eigenvalue weighted by molar-refractivity contribution is -0.139. The Morgan fingerprint density at radius 2 is 2.29 bits per heavy atom. The van der Waals surface area contributed by atoms with E-state index in [0.717, 1.165) is 6.54 Å². The number of nitrogens with zero attached hydrogens (tertiary/aromatic N) is 1. The van der Waals surface area contributed by atoms with Gasteiger partial charge in [0.05, 0.1) is 13.2 Å². The Bertz CT molecular complexity index is 192. The van der Waals surface area contributed by atoms with Gasteiger partial charge in [-0.25, -0.2) is 0 Å². The van der Waals surface area contributed by atoms with E-state index in [-0.39, 0.29) is 6.54 Å². The zero-order valence-electron chi connectivity index (χ0n) is 8.90.